The molecular formula is C22H24N2O3S. The van der Waals surface area contributed by atoms with Gasteiger partial charge in [-0.25, -0.2) is 0 Å². The third-order valence-corrected chi connectivity index (χ3v) is 5.75. The summed E-state index contributed by atoms with van der Waals surface area (Å²) in [4.78, 5) is 29.9. The van der Waals surface area contributed by atoms with Crippen LogP contribution in [0.15, 0.2) is 35.3 Å². The van der Waals surface area contributed by atoms with Gasteiger partial charge in [-0.1, -0.05) is 35.1 Å². The van der Waals surface area contributed by atoms with Gasteiger partial charge in [0, 0.05) is 5.56 Å². The lowest BCUT2D eigenvalue weighted by Gasteiger charge is -2.07. The molecule has 0 saturated carbocycles. The average molecular weight is 397 g/mol. The van der Waals surface area contributed by atoms with Crippen molar-refractivity contribution in [1.82, 2.24) is 4.57 Å². The fourth-order valence-electron chi connectivity index (χ4n) is 3.29. The second-order valence-electron chi connectivity index (χ2n) is 6.94. The van der Waals surface area contributed by atoms with E-state index in [9.17, 15) is 9.59 Å². The summed E-state index contributed by atoms with van der Waals surface area (Å²) in [5.74, 6) is -0.655. The summed E-state index contributed by atoms with van der Waals surface area (Å²) in [6.45, 7) is 10.0. The molecule has 0 unspecified atom stereocenters. The molecule has 1 aromatic heterocycles. The number of fused-ring (bicyclic) bond motifs is 1. The van der Waals surface area contributed by atoms with Crippen molar-refractivity contribution < 1.29 is 14.3 Å². The minimum atomic E-state index is -0.346. The predicted molar refractivity (Wildman–Crippen MR) is 112 cm³/mol. The molecule has 28 heavy (non-hydrogen) atoms. The summed E-state index contributed by atoms with van der Waals surface area (Å²) in [5, 5.41) is 0. The molecule has 1 heterocycles. The Hall–Kier alpha value is -2.73. The van der Waals surface area contributed by atoms with Crippen molar-refractivity contribution in [2.45, 2.75) is 41.2 Å². The molecule has 0 saturated heterocycles. The molecule has 0 atom stereocenters. The smallest absolute Gasteiger partial charge is 0.326 e. The van der Waals surface area contributed by atoms with Gasteiger partial charge in [-0.05, 0) is 63.4 Å². The fourth-order valence-corrected chi connectivity index (χ4v) is 4.36. The lowest BCUT2D eigenvalue weighted by molar-refractivity contribution is -0.143. The van der Waals surface area contributed by atoms with Crippen molar-refractivity contribution >= 4 is 33.4 Å². The van der Waals surface area contributed by atoms with Gasteiger partial charge >= 0.3 is 5.97 Å². The van der Waals surface area contributed by atoms with Crippen LogP contribution >= 0.6 is 11.3 Å². The maximum Gasteiger partial charge on any atom is 0.326 e. The average Bonchev–Trinajstić information content (AvgIpc) is 2.93. The fraction of sp³-hybridized carbons (Fsp3) is 0.318. The van der Waals surface area contributed by atoms with E-state index in [1.807, 2.05) is 45.9 Å². The van der Waals surface area contributed by atoms with Crippen molar-refractivity contribution in [3.63, 3.8) is 0 Å². The van der Waals surface area contributed by atoms with Crippen LogP contribution in [0.5, 0.6) is 0 Å². The Kier molecular flexibility index (Phi) is 5.79. The largest absolute Gasteiger partial charge is 0.465 e. The third kappa shape index (κ3) is 4.07. The van der Waals surface area contributed by atoms with Crippen LogP contribution in [-0.2, 0) is 16.1 Å². The number of carbonyl (C=O) groups excluding carboxylic acids is 2. The summed E-state index contributed by atoms with van der Waals surface area (Å²) in [7, 11) is 0. The molecular weight excluding hydrogens is 372 g/mol. The van der Waals surface area contributed by atoms with Crippen molar-refractivity contribution in [1.29, 1.82) is 0 Å². The molecule has 0 spiro atoms. The predicted octanol–water partition coefficient (Wildman–Crippen LogP) is 4.24. The Morgan fingerprint density at radius 3 is 2.43 bits per heavy atom. The zero-order valence-electron chi connectivity index (χ0n) is 16.8. The van der Waals surface area contributed by atoms with Crippen LogP contribution in [0, 0.1) is 27.7 Å². The van der Waals surface area contributed by atoms with Crippen LogP contribution in [0.25, 0.3) is 10.2 Å². The quantitative estimate of drug-likeness (QED) is 0.620. The molecule has 3 rings (SSSR count). The maximum atomic E-state index is 12.8. The van der Waals surface area contributed by atoms with Gasteiger partial charge in [-0.2, -0.15) is 4.99 Å². The highest BCUT2D eigenvalue weighted by atomic mass is 32.1. The SMILES string of the molecule is CCOC(=O)Cn1c(=NC(=O)c2ccc(C)cc2C)sc2c(C)cc(C)cc21. The van der Waals surface area contributed by atoms with E-state index in [1.54, 1.807) is 17.6 Å². The van der Waals surface area contributed by atoms with E-state index in [1.165, 1.54) is 11.3 Å². The highest BCUT2D eigenvalue weighted by Gasteiger charge is 2.15. The van der Waals surface area contributed by atoms with E-state index in [0.717, 1.165) is 32.5 Å². The first-order valence-electron chi connectivity index (χ1n) is 9.22. The van der Waals surface area contributed by atoms with Crippen molar-refractivity contribution in [3.8, 4) is 0 Å². The number of amides is 1. The normalized spacial score (nSPS) is 11.8. The monoisotopic (exact) mass is 396 g/mol. The summed E-state index contributed by atoms with van der Waals surface area (Å²) in [6.07, 6.45) is 0. The molecule has 0 N–H and O–H groups in total. The van der Waals surface area contributed by atoms with E-state index in [0.29, 0.717) is 17.0 Å². The van der Waals surface area contributed by atoms with Crippen LogP contribution in [0.2, 0.25) is 0 Å². The second kappa shape index (κ2) is 8.10. The number of esters is 1. The van der Waals surface area contributed by atoms with Gasteiger partial charge < -0.3 is 9.30 Å². The zero-order valence-corrected chi connectivity index (χ0v) is 17.6. The molecule has 0 bridgehead atoms. The van der Waals surface area contributed by atoms with Crippen LogP contribution < -0.4 is 4.80 Å². The minimum absolute atomic E-state index is 0.0235. The van der Waals surface area contributed by atoms with E-state index in [4.69, 9.17) is 4.74 Å². The van der Waals surface area contributed by atoms with Gasteiger partial charge in [0.05, 0.1) is 16.8 Å². The molecule has 2 aromatic carbocycles. The summed E-state index contributed by atoms with van der Waals surface area (Å²) < 4.78 is 7.91. The maximum absolute atomic E-state index is 12.8. The second-order valence-corrected chi connectivity index (χ2v) is 7.92. The number of rotatable bonds is 4. The van der Waals surface area contributed by atoms with Gasteiger partial charge in [-0.15, -0.1) is 0 Å². The van der Waals surface area contributed by atoms with Gasteiger partial charge in [0.2, 0.25) is 0 Å². The minimum Gasteiger partial charge on any atom is -0.465 e. The van der Waals surface area contributed by atoms with E-state index < -0.39 is 0 Å². The number of benzene rings is 2. The Labute approximate surface area is 168 Å². The lowest BCUT2D eigenvalue weighted by atomic mass is 10.1. The van der Waals surface area contributed by atoms with Crippen molar-refractivity contribution in [2.75, 3.05) is 6.61 Å². The summed E-state index contributed by atoms with van der Waals surface area (Å²) in [5.41, 5.74) is 5.63. The number of aryl methyl sites for hydroxylation is 4. The number of aromatic nitrogens is 1. The van der Waals surface area contributed by atoms with Crippen LogP contribution in [0.1, 0.15) is 39.5 Å². The Morgan fingerprint density at radius 2 is 1.75 bits per heavy atom. The van der Waals surface area contributed by atoms with Crippen LogP contribution in [-0.4, -0.2) is 23.1 Å². The number of hydrogen-bond donors (Lipinski definition) is 0. The third-order valence-electron chi connectivity index (χ3n) is 4.52. The molecule has 0 radical (unpaired) electrons. The zero-order chi connectivity index (χ0) is 20.4. The number of carbonyl (C=O) groups is 2. The summed E-state index contributed by atoms with van der Waals surface area (Å²) in [6, 6.07) is 9.77. The molecule has 146 valence electrons. The Bertz CT molecular complexity index is 1140. The topological polar surface area (TPSA) is 60.7 Å². The van der Waals surface area contributed by atoms with E-state index in [2.05, 4.69) is 11.1 Å². The van der Waals surface area contributed by atoms with Gasteiger partial charge in [0.1, 0.15) is 6.54 Å². The first-order chi connectivity index (χ1) is 13.3. The van der Waals surface area contributed by atoms with Crippen molar-refractivity contribution in [2.24, 2.45) is 4.99 Å². The molecule has 3 aromatic rings. The first-order valence-corrected chi connectivity index (χ1v) is 10.0. The van der Waals surface area contributed by atoms with Gasteiger partial charge in [0.25, 0.3) is 5.91 Å². The van der Waals surface area contributed by atoms with Crippen molar-refractivity contribution in [3.05, 3.63) is 63.0 Å². The molecule has 1 amide bonds. The molecule has 6 heteroatoms. The lowest BCUT2D eigenvalue weighted by Crippen LogP contribution is -2.23. The standard InChI is InChI=1S/C22H24N2O3S/c1-6-27-19(25)12-24-18-11-14(3)10-16(5)20(18)28-22(24)23-21(26)17-8-7-13(2)9-15(17)4/h7-11H,6,12H2,1-5H3. The number of nitrogens with zero attached hydrogens (tertiary/aromatic N) is 2. The molecule has 0 aliphatic rings. The van der Waals surface area contributed by atoms with E-state index >= 15 is 0 Å². The molecule has 5 nitrogen and oxygen atoms in total. The van der Waals surface area contributed by atoms with E-state index in [-0.39, 0.29) is 18.4 Å². The molecule has 0 aliphatic carbocycles. The van der Waals surface area contributed by atoms with Gasteiger partial charge in [0.15, 0.2) is 4.80 Å². The number of ether oxygens (including phenoxy) is 1. The van der Waals surface area contributed by atoms with Crippen LogP contribution in [0.3, 0.4) is 0 Å². The number of thiazole rings is 1. The Morgan fingerprint density at radius 1 is 1.04 bits per heavy atom. The summed E-state index contributed by atoms with van der Waals surface area (Å²) >= 11 is 1.42. The highest BCUT2D eigenvalue weighted by Crippen LogP contribution is 2.24. The molecule has 0 aliphatic heterocycles. The molecule has 0 fully saturated rings. The first kappa shape index (κ1) is 20.0. The van der Waals surface area contributed by atoms with Crippen LogP contribution in [0.4, 0.5) is 0 Å². The number of hydrogen-bond acceptors (Lipinski definition) is 4. The highest BCUT2D eigenvalue weighted by molar-refractivity contribution is 7.16. The Balaban J connectivity index is 2.18. The van der Waals surface area contributed by atoms with Gasteiger partial charge in [-0.3, -0.25) is 9.59 Å².